The van der Waals surface area contributed by atoms with Crippen molar-refractivity contribution in [3.8, 4) is 23.0 Å². The number of hydrogen-bond donors (Lipinski definition) is 4. The molecule has 6 heteroatoms. The minimum absolute atomic E-state index is 0.165. The van der Waals surface area contributed by atoms with Crippen molar-refractivity contribution in [2.24, 2.45) is 0 Å². The molecule has 0 saturated carbocycles. The van der Waals surface area contributed by atoms with E-state index in [4.69, 9.17) is 9.47 Å². The zero-order valence-electron chi connectivity index (χ0n) is 32.6. The van der Waals surface area contributed by atoms with Crippen molar-refractivity contribution in [2.75, 3.05) is 13.2 Å². The van der Waals surface area contributed by atoms with Gasteiger partial charge in [0.1, 0.15) is 23.0 Å². The maximum absolute atomic E-state index is 11.8. The number of hydrogen-bond acceptors (Lipinski definition) is 6. The van der Waals surface area contributed by atoms with E-state index in [2.05, 4.69) is 41.5 Å². The molecule has 6 nitrogen and oxygen atoms in total. The van der Waals surface area contributed by atoms with Gasteiger partial charge < -0.3 is 29.9 Å². The van der Waals surface area contributed by atoms with Crippen molar-refractivity contribution in [2.45, 2.75) is 125 Å². The first-order valence-electron chi connectivity index (χ1n) is 18.5. The smallest absolute Gasteiger partial charge is 0.124 e. The highest BCUT2D eigenvalue weighted by Crippen LogP contribution is 2.42. The van der Waals surface area contributed by atoms with Crippen LogP contribution in [0.4, 0.5) is 0 Å². The van der Waals surface area contributed by atoms with Gasteiger partial charge >= 0.3 is 0 Å². The Hall–Kier alpha value is -4.00. The number of phenolic OH excluding ortho intramolecular Hbond substituents is 4. The molecule has 0 unspecified atom stereocenters. The van der Waals surface area contributed by atoms with Gasteiger partial charge in [-0.05, 0) is 108 Å². The van der Waals surface area contributed by atoms with E-state index in [-0.39, 0.29) is 31.1 Å². The molecule has 0 spiro atoms. The van der Waals surface area contributed by atoms with Crippen LogP contribution in [-0.4, -0.2) is 33.6 Å². The molecule has 0 bridgehead atoms. The fourth-order valence-corrected chi connectivity index (χ4v) is 6.76. The fraction of sp³-hybridized carbons (Fsp3) is 0.467. The molecule has 0 fully saturated rings. The van der Waals surface area contributed by atoms with E-state index < -0.39 is 10.8 Å². The van der Waals surface area contributed by atoms with Gasteiger partial charge in [-0.15, -0.1) is 0 Å². The summed E-state index contributed by atoms with van der Waals surface area (Å²) in [6.45, 7) is 22.3. The van der Waals surface area contributed by atoms with E-state index in [1.54, 1.807) is 0 Å². The van der Waals surface area contributed by atoms with Crippen LogP contribution in [0.5, 0.6) is 23.0 Å². The number of aromatic hydroxyl groups is 4. The molecule has 0 aromatic heterocycles. The Kier molecular flexibility index (Phi) is 12.9. The summed E-state index contributed by atoms with van der Waals surface area (Å²) in [5.74, 6) is 0.935. The quantitative estimate of drug-likeness (QED) is 0.0871. The molecule has 0 atom stereocenters. The maximum Gasteiger partial charge on any atom is 0.124 e. The average Bonchev–Trinajstić information content (AvgIpc) is 3.08. The fourth-order valence-electron chi connectivity index (χ4n) is 6.76. The lowest BCUT2D eigenvalue weighted by atomic mass is 9.75. The molecule has 0 radical (unpaired) electrons. The van der Waals surface area contributed by atoms with E-state index in [0.717, 1.165) is 70.2 Å². The van der Waals surface area contributed by atoms with Crippen LogP contribution in [0.15, 0.2) is 48.5 Å². The maximum atomic E-state index is 11.8. The van der Waals surface area contributed by atoms with Gasteiger partial charge in [0, 0.05) is 41.6 Å². The highest BCUT2D eigenvalue weighted by atomic mass is 16.5. The van der Waals surface area contributed by atoms with Crippen molar-refractivity contribution < 1.29 is 29.9 Å². The highest BCUT2D eigenvalue weighted by molar-refractivity contribution is 5.56. The van der Waals surface area contributed by atoms with Gasteiger partial charge in [0.15, 0.2) is 0 Å². The molecule has 0 aliphatic rings. The third-order valence-electron chi connectivity index (χ3n) is 10.6. The van der Waals surface area contributed by atoms with E-state index in [9.17, 15) is 20.4 Å². The van der Waals surface area contributed by atoms with Crippen LogP contribution in [0.25, 0.3) is 0 Å². The van der Waals surface area contributed by atoms with Crippen LogP contribution in [0.1, 0.15) is 134 Å². The van der Waals surface area contributed by atoms with Crippen LogP contribution >= 0.6 is 0 Å². The van der Waals surface area contributed by atoms with Gasteiger partial charge in [-0.1, -0.05) is 90.8 Å². The molecule has 4 aromatic rings. The van der Waals surface area contributed by atoms with Crippen LogP contribution in [0.3, 0.4) is 0 Å². The number of rotatable bonds is 16. The summed E-state index contributed by atoms with van der Waals surface area (Å²) in [6, 6.07) is 16.3. The van der Waals surface area contributed by atoms with E-state index in [1.165, 1.54) is 0 Å². The lowest BCUT2D eigenvalue weighted by Gasteiger charge is -2.30. The molecule has 4 rings (SSSR count). The first kappa shape index (κ1) is 39.8. The molecule has 4 aromatic carbocycles. The molecule has 0 amide bonds. The molecule has 0 saturated heterocycles. The Morgan fingerprint density at radius 1 is 0.451 bits per heavy atom. The van der Waals surface area contributed by atoms with Crippen LogP contribution in [-0.2, 0) is 39.9 Å². The standard InChI is InChI=1S/C45H60O6/c1-11-13-15-50-26-34-24-38(44(7,8)36-17-28(3)40(46)29(4)18-36)22-32(42(34)48)21-33-23-39(25-35(43(33)49)27-51-16-14-12-2)45(9,10)37-19-30(5)41(47)31(6)20-37/h17-20,22-25,46-49H,11-16,21,26-27H2,1-10H3. The third kappa shape index (κ3) is 8.91. The molecule has 276 valence electrons. The molecular formula is C45H60O6. The van der Waals surface area contributed by atoms with Gasteiger partial charge in [0.05, 0.1) is 13.2 Å². The average molecular weight is 697 g/mol. The Labute approximate surface area is 306 Å². The second-order valence-electron chi connectivity index (χ2n) is 15.4. The number of aryl methyl sites for hydroxylation is 4. The summed E-state index contributed by atoms with van der Waals surface area (Å²) in [5.41, 5.74) is 9.24. The summed E-state index contributed by atoms with van der Waals surface area (Å²) >= 11 is 0. The molecular weight excluding hydrogens is 636 g/mol. The summed E-state index contributed by atoms with van der Waals surface area (Å²) in [6.07, 6.45) is 4.19. The third-order valence-corrected chi connectivity index (χ3v) is 10.6. The van der Waals surface area contributed by atoms with Crippen molar-refractivity contribution >= 4 is 0 Å². The number of ether oxygens (including phenoxy) is 2. The number of benzene rings is 4. The van der Waals surface area contributed by atoms with Crippen molar-refractivity contribution in [3.63, 3.8) is 0 Å². The van der Waals surface area contributed by atoms with Crippen LogP contribution < -0.4 is 0 Å². The summed E-state index contributed by atoms with van der Waals surface area (Å²) in [5, 5.41) is 44.7. The van der Waals surface area contributed by atoms with Gasteiger partial charge in [-0.25, -0.2) is 0 Å². The van der Waals surface area contributed by atoms with Gasteiger partial charge in [-0.3, -0.25) is 0 Å². The van der Waals surface area contributed by atoms with Crippen LogP contribution in [0.2, 0.25) is 0 Å². The summed E-state index contributed by atoms with van der Waals surface area (Å²) in [7, 11) is 0. The number of phenols is 4. The van der Waals surface area contributed by atoms with E-state index in [0.29, 0.717) is 47.0 Å². The number of unbranched alkanes of at least 4 members (excludes halogenated alkanes) is 2. The first-order valence-corrected chi connectivity index (χ1v) is 18.5. The topological polar surface area (TPSA) is 99.4 Å². The first-order chi connectivity index (χ1) is 24.0. The molecule has 0 aliphatic carbocycles. The van der Waals surface area contributed by atoms with Crippen molar-refractivity contribution in [3.05, 3.63) is 115 Å². The second-order valence-corrected chi connectivity index (χ2v) is 15.4. The van der Waals surface area contributed by atoms with Gasteiger partial charge in [0.25, 0.3) is 0 Å². The lowest BCUT2D eigenvalue weighted by Crippen LogP contribution is -2.21. The SMILES string of the molecule is CCCCOCc1cc(C(C)(C)c2cc(C)c(O)c(C)c2)cc(Cc2cc(C(C)(C)c3cc(C)c(O)c(C)c3)cc(COCCCC)c2O)c1O. The predicted octanol–water partition coefficient (Wildman–Crippen LogP) is 10.6. The minimum Gasteiger partial charge on any atom is -0.507 e. The largest absolute Gasteiger partial charge is 0.507 e. The summed E-state index contributed by atoms with van der Waals surface area (Å²) in [4.78, 5) is 0. The van der Waals surface area contributed by atoms with Gasteiger partial charge in [0.2, 0.25) is 0 Å². The Balaban J connectivity index is 1.88. The highest BCUT2D eigenvalue weighted by Gasteiger charge is 2.29. The molecule has 0 aliphatic heterocycles. The second kappa shape index (κ2) is 16.6. The van der Waals surface area contributed by atoms with E-state index in [1.807, 2.05) is 76.2 Å². The normalized spacial score (nSPS) is 12.1. The summed E-state index contributed by atoms with van der Waals surface area (Å²) < 4.78 is 12.1. The Morgan fingerprint density at radius 2 is 0.745 bits per heavy atom. The Bertz CT molecular complexity index is 1650. The van der Waals surface area contributed by atoms with Crippen LogP contribution in [0, 0.1) is 27.7 Å². The lowest BCUT2D eigenvalue weighted by molar-refractivity contribution is 0.116. The predicted molar refractivity (Wildman–Crippen MR) is 208 cm³/mol. The minimum atomic E-state index is -0.470. The molecule has 4 N–H and O–H groups in total. The van der Waals surface area contributed by atoms with E-state index >= 15 is 0 Å². The molecule has 51 heavy (non-hydrogen) atoms. The monoisotopic (exact) mass is 696 g/mol. The zero-order chi connectivity index (χ0) is 37.7. The van der Waals surface area contributed by atoms with Gasteiger partial charge in [-0.2, -0.15) is 0 Å². The van der Waals surface area contributed by atoms with Crippen molar-refractivity contribution in [1.82, 2.24) is 0 Å². The zero-order valence-corrected chi connectivity index (χ0v) is 32.6. The van der Waals surface area contributed by atoms with Crippen molar-refractivity contribution in [1.29, 1.82) is 0 Å². The molecule has 0 heterocycles. The Morgan fingerprint density at radius 3 is 1.06 bits per heavy atom.